The van der Waals surface area contributed by atoms with Gasteiger partial charge in [0.05, 0.1) is 6.10 Å². The minimum Gasteiger partial charge on any atom is -0.508 e. The van der Waals surface area contributed by atoms with E-state index < -0.39 is 0 Å². The topological polar surface area (TPSA) is 32.7 Å². The van der Waals surface area contributed by atoms with E-state index in [9.17, 15) is 5.11 Å². The van der Waals surface area contributed by atoms with E-state index in [0.29, 0.717) is 11.8 Å². The number of phenolic OH excluding ortho intramolecular Hbond substituents is 1. The van der Waals surface area contributed by atoms with Gasteiger partial charge in [0.2, 0.25) is 0 Å². The molecule has 0 radical (unpaired) electrons. The number of phenols is 1. The van der Waals surface area contributed by atoms with Gasteiger partial charge in [0.1, 0.15) is 5.75 Å². The van der Waals surface area contributed by atoms with Crippen molar-refractivity contribution in [1.29, 1.82) is 0 Å². The molecule has 1 aliphatic carbocycles. The zero-order valence-corrected chi connectivity index (χ0v) is 14.5. The summed E-state index contributed by atoms with van der Waals surface area (Å²) < 4.78 is 5.49. The minimum absolute atomic E-state index is 0.122. The van der Waals surface area contributed by atoms with Gasteiger partial charge < -0.3 is 9.84 Å². The van der Waals surface area contributed by atoms with Crippen molar-refractivity contribution in [3.63, 3.8) is 0 Å². The van der Waals surface area contributed by atoms with Gasteiger partial charge in [-0.05, 0) is 48.9 Å². The van der Waals surface area contributed by atoms with Crippen molar-refractivity contribution >= 4 is 0 Å². The van der Waals surface area contributed by atoms with Crippen molar-refractivity contribution in [2.75, 3.05) is 20.2 Å². The first-order valence-corrected chi connectivity index (χ1v) is 8.39. The molecule has 1 unspecified atom stereocenters. The Morgan fingerprint density at radius 3 is 2.77 bits per heavy atom. The summed E-state index contributed by atoms with van der Waals surface area (Å²) in [6, 6.07) is 6.50. The van der Waals surface area contributed by atoms with Crippen LogP contribution in [0.1, 0.15) is 45.2 Å². The molecule has 0 aromatic heterocycles. The predicted octanol–water partition coefficient (Wildman–Crippen LogP) is 3.34. The zero-order chi connectivity index (χ0) is 16.1. The van der Waals surface area contributed by atoms with Crippen LogP contribution in [0, 0.1) is 5.41 Å². The molecule has 1 aliphatic heterocycles. The summed E-state index contributed by atoms with van der Waals surface area (Å²) >= 11 is 0. The average Bonchev–Trinajstić information content (AvgIpc) is 2.46. The van der Waals surface area contributed by atoms with Crippen LogP contribution >= 0.6 is 0 Å². The van der Waals surface area contributed by atoms with Gasteiger partial charge in [-0.25, -0.2) is 0 Å². The van der Waals surface area contributed by atoms with Crippen LogP contribution in [0.4, 0.5) is 0 Å². The monoisotopic (exact) mass is 303 g/mol. The van der Waals surface area contributed by atoms with E-state index in [0.717, 1.165) is 31.5 Å². The quantitative estimate of drug-likeness (QED) is 0.929. The Morgan fingerprint density at radius 2 is 2.09 bits per heavy atom. The molecule has 2 aliphatic rings. The SMILES string of the molecule is CO[C@H](C)CN1CCC2(C)c3cccc(O)c3C[C@H]1C2(C)C. The van der Waals surface area contributed by atoms with Crippen molar-refractivity contribution in [2.45, 2.75) is 58.1 Å². The average molecular weight is 303 g/mol. The summed E-state index contributed by atoms with van der Waals surface area (Å²) in [5.74, 6) is 0.464. The molecule has 3 rings (SSSR count). The number of piperidine rings is 1. The van der Waals surface area contributed by atoms with Gasteiger partial charge in [-0.1, -0.05) is 32.9 Å². The number of nitrogens with zero attached hydrogens (tertiary/aromatic N) is 1. The highest BCUT2D eigenvalue weighted by atomic mass is 16.5. The zero-order valence-electron chi connectivity index (χ0n) is 14.5. The number of ether oxygens (including phenoxy) is 1. The van der Waals surface area contributed by atoms with Gasteiger partial charge in [-0.15, -0.1) is 0 Å². The number of methoxy groups -OCH3 is 1. The Kier molecular flexibility index (Phi) is 3.77. The van der Waals surface area contributed by atoms with Gasteiger partial charge >= 0.3 is 0 Å². The number of likely N-dealkylation sites (tertiary alicyclic amines) is 1. The van der Waals surface area contributed by atoms with Gasteiger partial charge in [-0.3, -0.25) is 4.90 Å². The van der Waals surface area contributed by atoms with E-state index in [1.807, 2.05) is 12.1 Å². The summed E-state index contributed by atoms with van der Waals surface area (Å²) in [6.45, 7) is 11.4. The maximum Gasteiger partial charge on any atom is 0.119 e. The van der Waals surface area contributed by atoms with Crippen LogP contribution in [-0.2, 0) is 16.6 Å². The number of hydrogen-bond donors (Lipinski definition) is 1. The Hall–Kier alpha value is -1.06. The summed E-state index contributed by atoms with van der Waals surface area (Å²) in [4.78, 5) is 2.57. The van der Waals surface area contributed by atoms with Crippen LogP contribution in [0.3, 0.4) is 0 Å². The van der Waals surface area contributed by atoms with Crippen molar-refractivity contribution < 1.29 is 9.84 Å². The minimum atomic E-state index is 0.122. The molecule has 0 amide bonds. The molecule has 0 saturated carbocycles. The third-order valence-electron chi connectivity index (χ3n) is 6.63. The fourth-order valence-corrected chi connectivity index (χ4v) is 4.66. The second kappa shape index (κ2) is 5.24. The lowest BCUT2D eigenvalue weighted by Gasteiger charge is -2.61. The van der Waals surface area contributed by atoms with Crippen LogP contribution in [0.5, 0.6) is 5.75 Å². The van der Waals surface area contributed by atoms with Crippen LogP contribution in [0.2, 0.25) is 0 Å². The highest BCUT2D eigenvalue weighted by Gasteiger charge is 2.56. The van der Waals surface area contributed by atoms with Crippen molar-refractivity contribution in [3.05, 3.63) is 29.3 Å². The molecule has 1 fully saturated rings. The molecule has 122 valence electrons. The molecule has 1 aromatic carbocycles. The Bertz CT molecular complexity index is 569. The van der Waals surface area contributed by atoms with E-state index >= 15 is 0 Å². The molecule has 1 aromatic rings. The number of hydrogen-bond acceptors (Lipinski definition) is 3. The van der Waals surface area contributed by atoms with Gasteiger partial charge in [0.15, 0.2) is 0 Å². The second-order valence-corrected chi connectivity index (χ2v) is 7.87. The molecular formula is C19H29NO2. The smallest absolute Gasteiger partial charge is 0.119 e. The molecule has 0 spiro atoms. The number of benzene rings is 1. The van der Waals surface area contributed by atoms with Gasteiger partial charge in [-0.2, -0.15) is 0 Å². The number of rotatable bonds is 3. The van der Waals surface area contributed by atoms with Crippen LogP contribution < -0.4 is 0 Å². The van der Waals surface area contributed by atoms with Gasteiger partial charge in [0.25, 0.3) is 0 Å². The Labute approximate surface area is 134 Å². The standard InChI is InChI=1S/C19H29NO2/c1-13(22-5)12-20-10-9-19(4)15-7-6-8-16(21)14(15)11-17(20)18(19,2)3/h6-8,13,17,21H,9-12H2,1-5H3/t13-,17+,19?/m1/s1. The molecule has 3 nitrogen and oxygen atoms in total. The van der Waals surface area contributed by atoms with Crippen molar-refractivity contribution in [2.24, 2.45) is 5.41 Å². The van der Waals surface area contributed by atoms with Gasteiger partial charge in [0, 0.05) is 25.1 Å². The summed E-state index contributed by atoms with van der Waals surface area (Å²) in [5.41, 5.74) is 2.81. The van der Waals surface area contributed by atoms with E-state index in [-0.39, 0.29) is 16.9 Å². The Morgan fingerprint density at radius 1 is 1.36 bits per heavy atom. The first-order chi connectivity index (χ1) is 10.3. The molecule has 1 N–H and O–H groups in total. The van der Waals surface area contributed by atoms with Crippen molar-refractivity contribution in [3.8, 4) is 5.75 Å². The van der Waals surface area contributed by atoms with Crippen LogP contribution in [0.25, 0.3) is 0 Å². The number of fused-ring (bicyclic) bond motifs is 4. The fraction of sp³-hybridized carbons (Fsp3) is 0.684. The lowest BCUT2D eigenvalue weighted by molar-refractivity contribution is -0.0572. The van der Waals surface area contributed by atoms with E-state index in [2.05, 4.69) is 38.7 Å². The Balaban J connectivity index is 2.04. The van der Waals surface area contributed by atoms with Crippen molar-refractivity contribution in [1.82, 2.24) is 4.90 Å². The highest BCUT2D eigenvalue weighted by molar-refractivity contribution is 5.48. The second-order valence-electron chi connectivity index (χ2n) is 7.87. The largest absolute Gasteiger partial charge is 0.508 e. The third-order valence-corrected chi connectivity index (χ3v) is 6.63. The maximum absolute atomic E-state index is 10.4. The lowest BCUT2D eigenvalue weighted by Crippen LogP contribution is -2.64. The highest BCUT2D eigenvalue weighted by Crippen LogP contribution is 2.57. The first kappa shape index (κ1) is 15.8. The van der Waals surface area contributed by atoms with Crippen LogP contribution in [0.15, 0.2) is 18.2 Å². The van der Waals surface area contributed by atoms with E-state index in [4.69, 9.17) is 4.74 Å². The molecule has 3 atom stereocenters. The maximum atomic E-state index is 10.4. The summed E-state index contributed by atoms with van der Waals surface area (Å²) in [5, 5.41) is 10.4. The number of aromatic hydroxyl groups is 1. The summed E-state index contributed by atoms with van der Waals surface area (Å²) in [6.07, 6.45) is 2.30. The molecule has 22 heavy (non-hydrogen) atoms. The van der Waals surface area contributed by atoms with E-state index in [1.165, 1.54) is 5.56 Å². The first-order valence-electron chi connectivity index (χ1n) is 8.39. The molecule has 2 bridgehead atoms. The molecule has 1 heterocycles. The molecule has 1 saturated heterocycles. The lowest BCUT2D eigenvalue weighted by atomic mass is 9.51. The van der Waals surface area contributed by atoms with Crippen LogP contribution in [-0.4, -0.2) is 42.4 Å². The third kappa shape index (κ3) is 2.10. The fourth-order valence-electron chi connectivity index (χ4n) is 4.66. The molecule has 3 heteroatoms. The predicted molar refractivity (Wildman–Crippen MR) is 89.4 cm³/mol. The molecular weight excluding hydrogens is 274 g/mol. The normalized spacial score (nSPS) is 31.6. The van der Waals surface area contributed by atoms with E-state index in [1.54, 1.807) is 7.11 Å². The summed E-state index contributed by atoms with van der Waals surface area (Å²) in [7, 11) is 1.78.